The standard InChI is InChI=1S/C30H18F3N5O3S4/c31-30(32,33)18-4-3-5-20(13-18)35-27(39)16-42-28-36-22-10-9-19(14-26(22)45-28)34-15-17-8-11-25(23(12-17)38(40)41)44-29-37-21-6-1-2-7-24(21)43-29/h1-15H,16H2,(H,35,39). The van der Waals surface area contributed by atoms with Crippen LogP contribution in [-0.4, -0.2) is 32.8 Å². The molecule has 0 unspecified atom stereocenters. The number of carbonyl (C=O) groups is 1. The van der Waals surface area contributed by atoms with Crippen molar-refractivity contribution in [1.82, 2.24) is 9.97 Å². The van der Waals surface area contributed by atoms with Crippen molar-refractivity contribution in [1.29, 1.82) is 0 Å². The molecule has 4 aromatic carbocycles. The molecule has 2 aromatic heterocycles. The van der Waals surface area contributed by atoms with E-state index in [1.54, 1.807) is 30.5 Å². The van der Waals surface area contributed by atoms with Gasteiger partial charge in [-0.1, -0.05) is 47.8 Å². The van der Waals surface area contributed by atoms with Gasteiger partial charge in [0, 0.05) is 18.0 Å². The molecule has 6 aromatic rings. The van der Waals surface area contributed by atoms with E-state index < -0.39 is 22.6 Å². The minimum atomic E-state index is -4.50. The van der Waals surface area contributed by atoms with Gasteiger partial charge in [0.15, 0.2) is 8.68 Å². The Morgan fingerprint density at radius 3 is 2.51 bits per heavy atom. The number of aromatic nitrogens is 2. The van der Waals surface area contributed by atoms with E-state index in [0.29, 0.717) is 30.3 Å². The predicted molar refractivity (Wildman–Crippen MR) is 175 cm³/mol. The van der Waals surface area contributed by atoms with Crippen LogP contribution in [0.3, 0.4) is 0 Å². The van der Waals surface area contributed by atoms with Crippen LogP contribution in [0.2, 0.25) is 0 Å². The molecule has 15 heteroatoms. The number of aliphatic imine (C=N–C) groups is 1. The fourth-order valence-electron chi connectivity index (χ4n) is 4.11. The summed E-state index contributed by atoms with van der Waals surface area (Å²) in [6.45, 7) is 0. The Kier molecular flexibility index (Phi) is 8.85. The zero-order valence-corrected chi connectivity index (χ0v) is 25.9. The van der Waals surface area contributed by atoms with Crippen LogP contribution in [0.15, 0.2) is 103 Å². The maximum atomic E-state index is 12.9. The lowest BCUT2D eigenvalue weighted by Gasteiger charge is -2.09. The van der Waals surface area contributed by atoms with Crippen LogP contribution >= 0.6 is 46.2 Å². The summed E-state index contributed by atoms with van der Waals surface area (Å²) in [6.07, 6.45) is -2.95. The number of amides is 1. The van der Waals surface area contributed by atoms with Crippen molar-refractivity contribution in [2.24, 2.45) is 4.99 Å². The zero-order valence-electron chi connectivity index (χ0n) is 22.6. The van der Waals surface area contributed by atoms with Gasteiger partial charge in [-0.3, -0.25) is 19.9 Å². The molecule has 0 saturated heterocycles. The van der Waals surface area contributed by atoms with E-state index in [9.17, 15) is 28.1 Å². The normalized spacial score (nSPS) is 11.9. The number of thiazole rings is 2. The van der Waals surface area contributed by atoms with E-state index in [2.05, 4.69) is 20.3 Å². The number of nitro groups is 1. The third-order valence-electron chi connectivity index (χ3n) is 6.17. The summed E-state index contributed by atoms with van der Waals surface area (Å²) >= 11 is 5.25. The maximum absolute atomic E-state index is 12.9. The first-order valence-corrected chi connectivity index (χ1v) is 16.4. The molecule has 226 valence electrons. The van der Waals surface area contributed by atoms with Crippen molar-refractivity contribution in [3.8, 4) is 0 Å². The number of rotatable bonds is 9. The van der Waals surface area contributed by atoms with Crippen LogP contribution in [-0.2, 0) is 11.0 Å². The van der Waals surface area contributed by atoms with Gasteiger partial charge in [-0.25, -0.2) is 9.97 Å². The number of nitro benzene ring substituents is 1. The quantitative estimate of drug-likeness (QED) is 0.0701. The molecule has 1 N–H and O–H groups in total. The number of hydrogen-bond acceptors (Lipinski definition) is 10. The lowest BCUT2D eigenvalue weighted by Crippen LogP contribution is -2.14. The number of para-hydroxylation sites is 1. The summed E-state index contributed by atoms with van der Waals surface area (Å²) in [5.74, 6) is -0.491. The molecule has 0 spiro atoms. The summed E-state index contributed by atoms with van der Waals surface area (Å²) < 4.78 is 42.0. The van der Waals surface area contributed by atoms with Gasteiger partial charge in [0.1, 0.15) is 0 Å². The lowest BCUT2D eigenvalue weighted by molar-refractivity contribution is -0.387. The van der Waals surface area contributed by atoms with Crippen molar-refractivity contribution >= 4 is 95.8 Å². The van der Waals surface area contributed by atoms with Crippen LogP contribution in [0.4, 0.5) is 30.2 Å². The van der Waals surface area contributed by atoms with Gasteiger partial charge in [-0.05, 0) is 60.2 Å². The van der Waals surface area contributed by atoms with Gasteiger partial charge in [0.25, 0.3) is 5.69 Å². The molecule has 0 atom stereocenters. The molecule has 0 radical (unpaired) electrons. The van der Waals surface area contributed by atoms with E-state index in [4.69, 9.17) is 0 Å². The summed E-state index contributed by atoms with van der Waals surface area (Å²) in [7, 11) is 0. The Hall–Kier alpha value is -4.31. The van der Waals surface area contributed by atoms with E-state index in [1.165, 1.54) is 64.4 Å². The number of halogens is 3. The summed E-state index contributed by atoms with van der Waals surface area (Å²) in [5, 5.41) is 14.3. The second kappa shape index (κ2) is 13.0. The molecule has 8 nitrogen and oxygen atoms in total. The summed E-state index contributed by atoms with van der Waals surface area (Å²) in [6, 6.07) is 22.4. The van der Waals surface area contributed by atoms with Gasteiger partial charge < -0.3 is 5.32 Å². The molecular weight excluding hydrogens is 664 g/mol. The molecule has 2 heterocycles. The average Bonchev–Trinajstić information content (AvgIpc) is 3.62. The van der Waals surface area contributed by atoms with E-state index >= 15 is 0 Å². The molecule has 6 rings (SSSR count). The minimum Gasteiger partial charge on any atom is -0.325 e. The number of alkyl halides is 3. The molecule has 0 bridgehead atoms. The number of nitrogens with one attached hydrogen (secondary N) is 1. The molecule has 0 fully saturated rings. The third kappa shape index (κ3) is 7.50. The summed E-state index contributed by atoms with van der Waals surface area (Å²) in [5.41, 5.74) is 1.90. The van der Waals surface area contributed by atoms with Gasteiger partial charge in [0.2, 0.25) is 5.91 Å². The monoisotopic (exact) mass is 681 g/mol. The van der Waals surface area contributed by atoms with Gasteiger partial charge >= 0.3 is 6.18 Å². The number of nitrogens with zero attached hydrogens (tertiary/aromatic N) is 4. The van der Waals surface area contributed by atoms with Gasteiger partial charge in [-0.15, -0.1) is 22.7 Å². The highest BCUT2D eigenvalue weighted by Crippen LogP contribution is 2.39. The molecule has 1 amide bonds. The lowest BCUT2D eigenvalue weighted by atomic mass is 10.2. The number of benzene rings is 4. The first-order valence-electron chi connectivity index (χ1n) is 13.0. The Morgan fingerprint density at radius 1 is 0.933 bits per heavy atom. The smallest absolute Gasteiger partial charge is 0.325 e. The van der Waals surface area contributed by atoms with E-state index in [-0.39, 0.29) is 17.1 Å². The number of hydrogen-bond donors (Lipinski definition) is 1. The zero-order chi connectivity index (χ0) is 31.6. The Balaban J connectivity index is 1.11. The number of anilines is 1. The van der Waals surface area contributed by atoms with Crippen molar-refractivity contribution in [3.05, 3.63) is 106 Å². The maximum Gasteiger partial charge on any atom is 0.416 e. The first-order chi connectivity index (χ1) is 21.6. The highest BCUT2D eigenvalue weighted by molar-refractivity contribution is 8.01. The second-order valence-corrected chi connectivity index (χ2v) is 13.9. The number of fused-ring (bicyclic) bond motifs is 2. The Morgan fingerprint density at radius 2 is 1.71 bits per heavy atom. The Bertz CT molecular complexity index is 2060. The van der Waals surface area contributed by atoms with Gasteiger partial charge in [0.05, 0.1) is 47.3 Å². The second-order valence-electron chi connectivity index (χ2n) is 9.34. The van der Waals surface area contributed by atoms with Crippen LogP contribution in [0.25, 0.3) is 20.4 Å². The molecule has 0 aliphatic heterocycles. The van der Waals surface area contributed by atoms with Crippen molar-refractivity contribution in [3.63, 3.8) is 0 Å². The molecule has 45 heavy (non-hydrogen) atoms. The average molecular weight is 682 g/mol. The number of thioether (sulfide) groups is 1. The molecule has 0 aliphatic carbocycles. The highest BCUT2D eigenvalue weighted by atomic mass is 32.2. The van der Waals surface area contributed by atoms with E-state index in [0.717, 1.165) is 27.0 Å². The SMILES string of the molecule is O=C(CSc1nc2ccc(N=Cc3ccc(Sc4nc5ccccc5s4)c([N+](=O)[O-])c3)cc2s1)Nc1cccc(C(F)(F)F)c1. The van der Waals surface area contributed by atoms with E-state index in [1.807, 2.05) is 30.3 Å². The molecule has 0 aliphatic rings. The highest BCUT2D eigenvalue weighted by Gasteiger charge is 2.30. The van der Waals surface area contributed by atoms with Crippen LogP contribution in [0, 0.1) is 10.1 Å². The number of carbonyl (C=O) groups excluding carboxylic acids is 1. The van der Waals surface area contributed by atoms with Crippen molar-refractivity contribution < 1.29 is 22.9 Å². The summed E-state index contributed by atoms with van der Waals surface area (Å²) in [4.78, 5) is 37.8. The largest absolute Gasteiger partial charge is 0.416 e. The van der Waals surface area contributed by atoms with Crippen molar-refractivity contribution in [2.45, 2.75) is 19.8 Å². The Labute approximate surface area is 269 Å². The van der Waals surface area contributed by atoms with Crippen molar-refractivity contribution in [2.75, 3.05) is 11.1 Å². The molecular formula is C30H18F3N5O3S4. The van der Waals surface area contributed by atoms with Gasteiger partial charge in [-0.2, -0.15) is 13.2 Å². The van der Waals surface area contributed by atoms with Crippen LogP contribution in [0.1, 0.15) is 11.1 Å². The topological polar surface area (TPSA) is 110 Å². The molecule has 0 saturated carbocycles. The van der Waals surface area contributed by atoms with Crippen LogP contribution < -0.4 is 5.32 Å². The van der Waals surface area contributed by atoms with Crippen LogP contribution in [0.5, 0.6) is 0 Å². The minimum absolute atomic E-state index is 0.0346. The third-order valence-corrected chi connectivity index (χ3v) is 10.5. The fourth-order valence-corrected chi connectivity index (χ4v) is 8.12. The predicted octanol–water partition coefficient (Wildman–Crippen LogP) is 9.47. The first kappa shape index (κ1) is 30.7. The fraction of sp³-hybridized carbons (Fsp3) is 0.0667.